The predicted octanol–water partition coefficient (Wildman–Crippen LogP) is 11.3. The van der Waals surface area contributed by atoms with Crippen LogP contribution in [0.2, 0.25) is 0 Å². The zero-order valence-electron chi connectivity index (χ0n) is 58.5. The maximum atomic E-state index is 13.5. The number of carbonyl (C=O) groups is 1. The van der Waals surface area contributed by atoms with Crippen molar-refractivity contribution >= 4 is 155 Å². The molecule has 1 amide bonds. The van der Waals surface area contributed by atoms with Gasteiger partial charge in [-0.05, 0) is 227 Å². The number of fused-ring (bicyclic) bond motifs is 4. The number of alkyl carbamates (subject to hydrolysis) is 1. The van der Waals surface area contributed by atoms with E-state index in [2.05, 4.69) is 71.5 Å². The molecular weight excluding hydrogens is 1730 g/mol. The molecule has 13 rings (SSSR count). The minimum absolute atomic E-state index is 0.0133. The largest absolute Gasteiger partial charge is 0.444 e. The van der Waals surface area contributed by atoms with Crippen molar-refractivity contribution in [3.63, 3.8) is 0 Å². The molecule has 0 aliphatic heterocycles. The van der Waals surface area contributed by atoms with Crippen molar-refractivity contribution in [1.82, 2.24) is 51.6 Å². The molecule has 5 aromatic carbocycles. The lowest BCUT2D eigenvalue weighted by molar-refractivity contribution is 0.0528. The van der Waals surface area contributed by atoms with Crippen LogP contribution in [0.25, 0.3) is 66.4 Å². The number of hydrogen-bond donors (Lipinski definition) is 8. The van der Waals surface area contributed by atoms with Gasteiger partial charge in [-0.2, -0.15) is 0 Å². The van der Waals surface area contributed by atoms with Gasteiger partial charge in [0.25, 0.3) is 30.1 Å². The molecule has 9 N–H and O–H groups in total. The van der Waals surface area contributed by atoms with Gasteiger partial charge in [0.05, 0.1) is 59.4 Å². The molecule has 0 atom stereocenters. The predicted molar refractivity (Wildman–Crippen MR) is 427 cm³/mol. The van der Waals surface area contributed by atoms with Gasteiger partial charge < -0.3 is 36.1 Å². The Morgan fingerprint density at radius 3 is 1.30 bits per heavy atom. The van der Waals surface area contributed by atoms with Crippen LogP contribution in [-0.4, -0.2) is 132 Å². The minimum atomic E-state index is -4.06. The van der Waals surface area contributed by atoms with Crippen LogP contribution < -0.4 is 20.5 Å². The van der Waals surface area contributed by atoms with Crippen LogP contribution >= 0.6 is 54.5 Å². The number of hydrogen-bond acceptors (Lipinski definition) is 20. The number of aromatic amines is 1. The van der Waals surface area contributed by atoms with Crippen molar-refractivity contribution in [2.45, 2.75) is 91.4 Å². The van der Waals surface area contributed by atoms with Crippen molar-refractivity contribution < 1.29 is 66.9 Å². The lowest BCUT2D eigenvalue weighted by Gasteiger charge is -2.19. The summed E-state index contributed by atoms with van der Waals surface area (Å²) in [6, 6.07) is 46.3. The van der Waals surface area contributed by atoms with E-state index in [1.54, 1.807) is 167 Å². The number of aliphatic hydroxyl groups excluding tert-OH is 3. The summed E-state index contributed by atoms with van der Waals surface area (Å²) in [5.41, 5.74) is 13.2. The first-order valence-electron chi connectivity index (χ1n) is 32.7. The molecule has 0 unspecified atom stereocenters. The third kappa shape index (κ3) is 18.4. The van der Waals surface area contributed by atoms with Crippen molar-refractivity contribution in [2.24, 2.45) is 5.73 Å². The van der Waals surface area contributed by atoms with E-state index < -0.39 is 75.0 Å². The number of ether oxygens (including phenoxy) is 1. The number of benzene rings is 5. The molecular formula is C73H73Br2IN12O15S5. The van der Waals surface area contributed by atoms with Gasteiger partial charge in [0.15, 0.2) is 16.9 Å². The maximum absolute atomic E-state index is 13.5. The molecule has 35 heteroatoms. The van der Waals surface area contributed by atoms with Crippen LogP contribution in [0.3, 0.4) is 0 Å². The molecule has 27 nitrogen and oxygen atoms in total. The van der Waals surface area contributed by atoms with E-state index in [9.17, 15) is 62.2 Å². The van der Waals surface area contributed by atoms with Crippen molar-refractivity contribution in [3.05, 3.63) is 241 Å². The van der Waals surface area contributed by atoms with Crippen molar-refractivity contribution in [2.75, 3.05) is 26.2 Å². The molecule has 0 radical (unpaired) electrons. The fourth-order valence-corrected chi connectivity index (χ4v) is 19.5. The Morgan fingerprint density at radius 2 is 0.861 bits per heavy atom. The van der Waals surface area contributed by atoms with E-state index in [1.807, 2.05) is 55.5 Å². The Balaban J connectivity index is 0.000000161. The number of amides is 1. The molecule has 0 bridgehead atoms. The minimum Gasteiger partial charge on any atom is -0.444 e. The SMILES string of the molecule is Cc1ccc(S(=O)(=O)n2c(CO)cc3c(-c4ccc(S(=O)(=O)NCCNC(=O)OC(C)(C)C)cc4)ccnc32)cc1.Cc1ccc(S(=O)(=O)n2c(CO)cc3c(Br)ccnc32)cc1.Cc1ccc(S(=O)(=O)n2c(I)cc3c(Br)ccnc32)cc1.NCCNS(=O)(=O)c1ccc(-c2ccnc3[nH]c(CO)cc23)cc1. The van der Waals surface area contributed by atoms with E-state index in [4.69, 9.17) is 10.5 Å². The highest BCUT2D eigenvalue weighted by Crippen LogP contribution is 2.36. The van der Waals surface area contributed by atoms with E-state index >= 15 is 0 Å². The van der Waals surface area contributed by atoms with Crippen molar-refractivity contribution in [3.8, 4) is 22.3 Å². The van der Waals surface area contributed by atoms with E-state index in [-0.39, 0.29) is 74.3 Å². The summed E-state index contributed by atoms with van der Waals surface area (Å²) in [5.74, 6) is 0. The van der Waals surface area contributed by atoms with Gasteiger partial charge in [-0.1, -0.05) is 77.4 Å². The highest BCUT2D eigenvalue weighted by Gasteiger charge is 2.29. The van der Waals surface area contributed by atoms with Crippen LogP contribution in [0, 0.1) is 24.5 Å². The molecule has 0 saturated heterocycles. The summed E-state index contributed by atoms with van der Waals surface area (Å²) >= 11 is 8.81. The summed E-state index contributed by atoms with van der Waals surface area (Å²) < 4.78 is 144. The van der Waals surface area contributed by atoms with E-state index in [1.165, 1.54) is 40.6 Å². The van der Waals surface area contributed by atoms with Gasteiger partial charge in [-0.15, -0.1) is 0 Å². The molecule has 108 heavy (non-hydrogen) atoms. The van der Waals surface area contributed by atoms with Crippen LogP contribution in [0.4, 0.5) is 4.79 Å². The van der Waals surface area contributed by atoms with Crippen LogP contribution in [0.5, 0.6) is 0 Å². The molecule has 0 aliphatic rings. The Hall–Kier alpha value is -8.67. The number of sulfonamides is 2. The lowest BCUT2D eigenvalue weighted by atomic mass is 10.0. The van der Waals surface area contributed by atoms with Crippen molar-refractivity contribution in [1.29, 1.82) is 0 Å². The Kier molecular flexibility index (Phi) is 25.8. The second-order valence-corrected chi connectivity index (χ2v) is 36.8. The topological polar surface area (TPSA) is 402 Å². The summed E-state index contributed by atoms with van der Waals surface area (Å²) in [6.07, 6.45) is 5.60. The van der Waals surface area contributed by atoms with Gasteiger partial charge in [-0.25, -0.2) is 88.2 Å². The molecule has 8 heterocycles. The number of halogens is 3. The number of nitrogens with one attached hydrogen (secondary N) is 4. The van der Waals surface area contributed by atoms with Gasteiger partial charge in [0, 0.05) is 87.2 Å². The zero-order valence-corrected chi connectivity index (χ0v) is 68.0. The second kappa shape index (κ2) is 34.1. The van der Waals surface area contributed by atoms with E-state index in [0.717, 1.165) is 55.5 Å². The fraction of sp³-hybridized carbons (Fsp3) is 0.192. The average molecular weight is 1810 g/mol. The number of nitrogens with zero attached hydrogens (tertiary/aromatic N) is 7. The van der Waals surface area contributed by atoms with Crippen LogP contribution in [0.1, 0.15) is 54.5 Å². The highest BCUT2D eigenvalue weighted by atomic mass is 127. The number of H-pyrrole nitrogens is 1. The second-order valence-electron chi connectivity index (χ2n) is 25.1. The normalized spacial score (nSPS) is 12.1. The van der Waals surface area contributed by atoms with Gasteiger partial charge in [-0.3, -0.25) is 0 Å². The summed E-state index contributed by atoms with van der Waals surface area (Å²) in [7, 11) is -19.0. The third-order valence-corrected chi connectivity index (χ3v) is 26.9. The molecule has 8 aromatic heterocycles. The zero-order chi connectivity index (χ0) is 78.3. The molecule has 0 spiro atoms. The maximum Gasteiger partial charge on any atom is 0.407 e. The molecule has 566 valence electrons. The van der Waals surface area contributed by atoms with Gasteiger partial charge in [0.1, 0.15) is 11.2 Å². The van der Waals surface area contributed by atoms with Gasteiger partial charge in [0.2, 0.25) is 20.0 Å². The smallest absolute Gasteiger partial charge is 0.407 e. The number of rotatable bonds is 20. The first kappa shape index (κ1) is 81.8. The van der Waals surface area contributed by atoms with Crippen LogP contribution in [-0.2, 0) is 74.7 Å². The summed E-state index contributed by atoms with van der Waals surface area (Å²) in [4.78, 5) is 32.4. The number of aryl methyl sites for hydroxylation is 3. The number of nitrogens with two attached hydrogens (primary N) is 1. The third-order valence-electron chi connectivity index (χ3n) is 16.2. The Morgan fingerprint density at radius 1 is 0.481 bits per heavy atom. The summed E-state index contributed by atoms with van der Waals surface area (Å²) in [6.45, 7) is 10.3. The average Bonchev–Trinajstić information content (AvgIpc) is 1.60. The number of carbonyl (C=O) groups excluding carboxylic acids is 1. The molecule has 0 saturated carbocycles. The Labute approximate surface area is 654 Å². The molecule has 0 fully saturated rings. The first-order valence-corrected chi connectivity index (χ1v) is 42.7. The monoisotopic (exact) mass is 1800 g/mol. The number of pyridine rings is 4. The number of aromatic nitrogens is 8. The first-order chi connectivity index (χ1) is 51.1. The number of aliphatic hydroxyl groups is 3. The van der Waals surface area contributed by atoms with Gasteiger partial charge >= 0.3 is 6.09 Å². The molecule has 13 aromatic rings. The fourth-order valence-electron chi connectivity index (χ4n) is 11.0. The summed E-state index contributed by atoms with van der Waals surface area (Å²) in [5, 5.41) is 34.1. The quantitative estimate of drug-likeness (QED) is 0.0259. The van der Waals surface area contributed by atoms with Crippen LogP contribution in [0.15, 0.2) is 228 Å². The molecule has 0 aliphatic carbocycles. The van der Waals surface area contributed by atoms with E-state index in [0.29, 0.717) is 48.2 Å². The standard InChI is InChI=1S/C28H32N4O7S2.C16H18N4O3S.C15H13BrN2O3S.C14H10BrIN2O2S/c1-19-5-9-23(10-6-19)41(37,38)32-21(18-33)17-25-24(13-14-29-26(25)32)20-7-11-22(12-8-20)40(35,36)31-16-15-30-27(34)39-28(2,3)4;17-6-8-19-24(22,23)13-3-1-11(2-4-13)14-5-7-18-16-15(14)9-12(10-21)20-16;1-10-2-4-12(5-3-10)22(20,21)18-11(9-19)8-13-14(16)6-7-17-15(13)18;1-9-2-4-10(5-3-9)21(19,20)18-13(16)8-11-12(15)6-7-17-14(11)18/h5-14,17,31,33H,15-16,18H2,1-4H3,(H,30,34);1-5,7,9,19,21H,6,8,10,17H2,(H,18,20);2-8,19H,9H2,1H3;2-8H,1H3. The lowest BCUT2D eigenvalue weighted by Crippen LogP contribution is -2.37. The Bertz CT molecular complexity index is 6070. The highest BCUT2D eigenvalue weighted by molar-refractivity contribution is 14.1.